The van der Waals surface area contributed by atoms with E-state index in [1.54, 1.807) is 18.4 Å². The van der Waals surface area contributed by atoms with Crippen LogP contribution in [0.5, 0.6) is 11.5 Å². The molecular formula is C39H52N4O6S2. The van der Waals surface area contributed by atoms with Gasteiger partial charge in [0.25, 0.3) is 0 Å². The van der Waals surface area contributed by atoms with E-state index >= 15 is 0 Å². The number of benzene rings is 1. The molecule has 276 valence electrons. The molecule has 0 saturated heterocycles. The molecule has 0 radical (unpaired) electrons. The first kappa shape index (κ1) is 36.3. The maximum atomic E-state index is 13.6. The first-order valence-corrected chi connectivity index (χ1v) is 21.1. The van der Waals surface area contributed by atoms with E-state index < -0.39 is 32.7 Å². The maximum Gasteiger partial charge on any atom is 0.240 e. The lowest BCUT2D eigenvalue weighted by Crippen LogP contribution is -2.40. The van der Waals surface area contributed by atoms with Gasteiger partial charge in [-0.3, -0.25) is 9.52 Å². The zero-order chi connectivity index (χ0) is 35.9. The van der Waals surface area contributed by atoms with Crippen LogP contribution in [0.25, 0.3) is 21.6 Å². The topological polar surface area (TPSA) is 131 Å². The van der Waals surface area contributed by atoms with E-state index in [9.17, 15) is 18.3 Å². The van der Waals surface area contributed by atoms with Gasteiger partial charge < -0.3 is 19.5 Å². The smallest absolute Gasteiger partial charge is 0.240 e. The molecule has 3 saturated carbocycles. The molecule has 3 aliphatic carbocycles. The summed E-state index contributed by atoms with van der Waals surface area (Å²) in [5.41, 5.74) is 1.78. The molecule has 12 heteroatoms. The van der Waals surface area contributed by atoms with Gasteiger partial charge in [-0.15, -0.1) is 11.3 Å². The van der Waals surface area contributed by atoms with E-state index in [1.807, 2.05) is 24.3 Å². The zero-order valence-electron chi connectivity index (χ0n) is 30.2. The second-order valence-electron chi connectivity index (χ2n) is 15.7. The number of aliphatic hydroxyl groups excluding tert-OH is 1. The number of sulfonamides is 1. The molecule has 6 atom stereocenters. The highest BCUT2D eigenvalue weighted by Gasteiger charge is 2.59. The van der Waals surface area contributed by atoms with Crippen molar-refractivity contribution in [3.05, 3.63) is 47.5 Å². The number of carbonyl (C=O) groups is 1. The van der Waals surface area contributed by atoms with Gasteiger partial charge in [0.05, 0.1) is 41.2 Å². The number of fused-ring (bicyclic) bond motifs is 3. The van der Waals surface area contributed by atoms with Gasteiger partial charge in [0.15, 0.2) is 0 Å². The normalized spacial score (nSPS) is 29.8. The van der Waals surface area contributed by atoms with E-state index in [-0.39, 0.29) is 23.9 Å². The number of ether oxygens (including phenoxy) is 2. The Balaban J connectivity index is 1.13. The molecule has 1 amide bonds. The van der Waals surface area contributed by atoms with Crippen LogP contribution in [0.15, 0.2) is 41.8 Å². The van der Waals surface area contributed by atoms with Gasteiger partial charge in [0.2, 0.25) is 15.9 Å². The maximum absolute atomic E-state index is 13.6. The Bertz CT molecular complexity index is 1870. The van der Waals surface area contributed by atoms with Gasteiger partial charge in [-0.1, -0.05) is 26.0 Å². The third-order valence-corrected chi connectivity index (χ3v) is 14.3. The van der Waals surface area contributed by atoms with Crippen molar-refractivity contribution in [2.75, 3.05) is 27.2 Å². The molecule has 4 aliphatic rings. The fourth-order valence-electron chi connectivity index (χ4n) is 8.20. The summed E-state index contributed by atoms with van der Waals surface area (Å²) in [4.78, 5) is 25.8. The molecule has 10 nitrogen and oxygen atoms in total. The van der Waals surface area contributed by atoms with Crippen molar-refractivity contribution in [2.45, 2.75) is 101 Å². The number of aromatic nitrogens is 2. The standard InChI is InChI=1S/C39H52N4O6S2/c1-24(2)34-23-50-37(41-34)33-20-36(30-13-10-27(48-4)19-32(30)40-33)49-28-17-25-22-43(3)16-8-6-5-7-9-26-21-39(26,15-14-35(44)31(25)18-28)38(45)42-51(46,47)29-11-12-29/h7,9-10,13,19-20,23-26,28-29,31,35,44H,5-6,8,11-12,14-18,21-22H2,1-4H3,(H,42,45)/b9-7-/t25?,26-,28+,31-,35?,39+/m1/s1. The summed E-state index contributed by atoms with van der Waals surface area (Å²) >= 11 is 1.58. The van der Waals surface area contributed by atoms with Crippen LogP contribution >= 0.6 is 11.3 Å². The Morgan fingerprint density at radius 2 is 1.96 bits per heavy atom. The number of carbonyl (C=O) groups excluding carboxylic acids is 1. The molecule has 2 N–H and O–H groups in total. The lowest BCUT2D eigenvalue weighted by atomic mass is 9.85. The van der Waals surface area contributed by atoms with Gasteiger partial charge in [0.1, 0.15) is 22.2 Å². The van der Waals surface area contributed by atoms with E-state index in [1.165, 1.54) is 0 Å². The molecule has 3 aromatic rings. The highest BCUT2D eigenvalue weighted by Crippen LogP contribution is 2.58. The van der Waals surface area contributed by atoms with Crippen LogP contribution in [-0.2, 0) is 14.8 Å². The van der Waals surface area contributed by atoms with Gasteiger partial charge in [-0.25, -0.2) is 18.4 Å². The number of hydrogen-bond acceptors (Lipinski definition) is 10. The van der Waals surface area contributed by atoms with Crippen molar-refractivity contribution in [2.24, 2.45) is 23.2 Å². The molecule has 0 bridgehead atoms. The van der Waals surface area contributed by atoms with Crippen LogP contribution in [0.4, 0.5) is 0 Å². The summed E-state index contributed by atoms with van der Waals surface area (Å²) in [7, 11) is 0.161. The van der Waals surface area contributed by atoms with E-state index in [4.69, 9.17) is 19.4 Å². The summed E-state index contributed by atoms with van der Waals surface area (Å²) < 4.78 is 40.4. The molecule has 7 rings (SSSR count). The highest BCUT2D eigenvalue weighted by molar-refractivity contribution is 7.90. The number of thiazole rings is 1. The third kappa shape index (κ3) is 7.99. The third-order valence-electron chi connectivity index (χ3n) is 11.6. The van der Waals surface area contributed by atoms with Crippen molar-refractivity contribution in [3.8, 4) is 22.2 Å². The van der Waals surface area contributed by atoms with Crippen LogP contribution in [0.3, 0.4) is 0 Å². The lowest BCUT2D eigenvalue weighted by molar-refractivity contribution is -0.125. The highest BCUT2D eigenvalue weighted by atomic mass is 32.2. The van der Waals surface area contributed by atoms with E-state index in [2.05, 4.69) is 48.0 Å². The van der Waals surface area contributed by atoms with Crippen molar-refractivity contribution in [3.63, 3.8) is 0 Å². The van der Waals surface area contributed by atoms with Crippen molar-refractivity contribution in [1.29, 1.82) is 0 Å². The minimum absolute atomic E-state index is 0.00962. The number of aliphatic hydroxyl groups is 1. The van der Waals surface area contributed by atoms with Gasteiger partial charge in [0, 0.05) is 29.4 Å². The number of allylic oxidation sites excluding steroid dienone is 2. The van der Waals surface area contributed by atoms with Crippen molar-refractivity contribution in [1.82, 2.24) is 19.6 Å². The monoisotopic (exact) mass is 736 g/mol. The van der Waals surface area contributed by atoms with Crippen molar-refractivity contribution < 1.29 is 27.8 Å². The summed E-state index contributed by atoms with van der Waals surface area (Å²) in [6, 6.07) is 7.85. The van der Waals surface area contributed by atoms with Crippen LogP contribution in [-0.4, -0.2) is 79.0 Å². The average Bonchev–Trinajstić information content (AvgIpc) is 3.99. The molecule has 0 spiro atoms. The summed E-state index contributed by atoms with van der Waals surface area (Å²) in [5.74, 6) is 1.55. The Kier molecular flexibility index (Phi) is 10.5. The number of methoxy groups -OCH3 is 1. The zero-order valence-corrected chi connectivity index (χ0v) is 31.8. The Labute approximate surface area is 306 Å². The first-order chi connectivity index (χ1) is 24.5. The Hall–Kier alpha value is -3.06. The van der Waals surface area contributed by atoms with E-state index in [0.29, 0.717) is 44.4 Å². The SMILES string of the molecule is COc1ccc2c(O[C@H]3CC4CN(C)CCCC/C=C\[C@@H]5C[C@@]5(C(=O)NS(=O)(=O)C5CC5)CCC(O)[C@@H]4C3)cc(-c3nc(C(C)C)cs3)nc2c1. The fourth-order valence-corrected chi connectivity index (χ4v) is 10.5. The lowest BCUT2D eigenvalue weighted by Gasteiger charge is -2.29. The number of amides is 1. The number of hydrogen-bond donors (Lipinski definition) is 2. The molecule has 1 aliphatic heterocycles. The molecule has 3 heterocycles. The summed E-state index contributed by atoms with van der Waals surface area (Å²) in [6.07, 6.45) is 10.7. The number of nitrogens with one attached hydrogen (secondary N) is 1. The molecule has 2 aromatic heterocycles. The molecule has 3 fully saturated rings. The number of pyridine rings is 1. The van der Waals surface area contributed by atoms with Crippen LogP contribution in [0.2, 0.25) is 0 Å². The second kappa shape index (κ2) is 14.8. The predicted molar refractivity (Wildman–Crippen MR) is 200 cm³/mol. The van der Waals surface area contributed by atoms with Crippen LogP contribution in [0, 0.1) is 23.2 Å². The number of nitrogens with zero attached hydrogens (tertiary/aromatic N) is 3. The second-order valence-corrected chi connectivity index (χ2v) is 18.5. The molecule has 51 heavy (non-hydrogen) atoms. The molecular weight excluding hydrogens is 685 g/mol. The van der Waals surface area contributed by atoms with Crippen LogP contribution in [0.1, 0.15) is 89.7 Å². The molecule has 1 aromatic carbocycles. The average molecular weight is 737 g/mol. The largest absolute Gasteiger partial charge is 0.497 e. The number of rotatable bonds is 8. The summed E-state index contributed by atoms with van der Waals surface area (Å²) in [5, 5.41) is 15.2. The Morgan fingerprint density at radius 3 is 2.71 bits per heavy atom. The predicted octanol–water partition coefficient (Wildman–Crippen LogP) is 6.69. The minimum atomic E-state index is -3.65. The van der Waals surface area contributed by atoms with E-state index in [0.717, 1.165) is 77.6 Å². The van der Waals surface area contributed by atoms with Gasteiger partial charge >= 0.3 is 0 Å². The Morgan fingerprint density at radius 1 is 1.14 bits per heavy atom. The van der Waals surface area contributed by atoms with Gasteiger partial charge in [-0.05, 0) is 114 Å². The minimum Gasteiger partial charge on any atom is -0.497 e. The molecule has 2 unspecified atom stereocenters. The van der Waals surface area contributed by atoms with Crippen LogP contribution < -0.4 is 14.2 Å². The quantitative estimate of drug-likeness (QED) is 0.243. The summed E-state index contributed by atoms with van der Waals surface area (Å²) in [6.45, 7) is 6.09. The fraction of sp³-hybridized carbons (Fsp3) is 0.615. The first-order valence-electron chi connectivity index (χ1n) is 18.7. The van der Waals surface area contributed by atoms with Crippen molar-refractivity contribution >= 4 is 38.2 Å². The van der Waals surface area contributed by atoms with Gasteiger partial charge in [-0.2, -0.15) is 0 Å².